The van der Waals surface area contributed by atoms with Crippen molar-refractivity contribution in [3.8, 4) is 11.5 Å². The Morgan fingerprint density at radius 2 is 1.52 bits per heavy atom. The third-order valence-electron chi connectivity index (χ3n) is 14.3. The van der Waals surface area contributed by atoms with Gasteiger partial charge in [0.15, 0.2) is 0 Å². The fourth-order valence-electron chi connectivity index (χ4n) is 10.9. The summed E-state index contributed by atoms with van der Waals surface area (Å²) in [6, 6.07) is 24.3. The minimum atomic E-state index is -1.46. The Morgan fingerprint density at radius 1 is 0.831 bits per heavy atom. The highest BCUT2D eigenvalue weighted by Crippen LogP contribution is 2.62. The van der Waals surface area contributed by atoms with E-state index < -0.39 is 23.8 Å². The van der Waals surface area contributed by atoms with Gasteiger partial charge in [0, 0.05) is 50.6 Å². The second-order valence-electron chi connectivity index (χ2n) is 19.3. The van der Waals surface area contributed by atoms with Gasteiger partial charge in [0.1, 0.15) is 24.1 Å². The standard InChI is InChI=1S/C58H81N3O10/c1-3-5-6-7-8-9-10-11-18-29-54(65)61(32-37-67-38-35-64)53-41-51(60-69-43-45-25-16-13-17-26-45)49-39-46(27-19-21-33-62)48(28-20-22-34-63)55-50-40-47(70-57(66)59-42-44-23-14-12-15-24-44)30-31-52(50)71-58(53,56(49)55)68-36-4-2/h4,12-17,23-26,30-31,39-40,46,48,53,55-56,62-64H,2-3,5-11,18-22,27-29,32-38,41-43H2,1H3,(H,59,66)/t46-,48+,53-,55+,56+,58+/m0/s1. The van der Waals surface area contributed by atoms with Crippen LogP contribution in [0.4, 0.5) is 4.79 Å². The van der Waals surface area contributed by atoms with Gasteiger partial charge in [-0.1, -0.05) is 149 Å². The first-order chi connectivity index (χ1) is 34.9. The third kappa shape index (κ3) is 15.7. The SMILES string of the molecule is C=CCO[C@@]12Oc3ccc(OC(=O)NCc4ccccc4)cc3[C@H]3[C@H](CCCCO)[C@@H](CCCCO)C=C(C(=NOCc4ccccc4)C[C@@H]1N(CCOCCO)C(=O)CCCCCCCCCCC)[C@H]32. The van der Waals surface area contributed by atoms with Crippen molar-refractivity contribution < 1.29 is 48.7 Å². The van der Waals surface area contributed by atoms with E-state index in [4.69, 9.17) is 28.9 Å². The number of allylic oxidation sites excluding steroid dienone is 1. The Bertz CT molecular complexity index is 2120. The van der Waals surface area contributed by atoms with Gasteiger partial charge in [-0.05, 0) is 78.8 Å². The first-order valence-electron chi connectivity index (χ1n) is 26.6. The summed E-state index contributed by atoms with van der Waals surface area (Å²) in [5.41, 5.74) is 4.35. The molecule has 71 heavy (non-hydrogen) atoms. The average Bonchev–Trinajstić information content (AvgIpc) is 3.39. The fraction of sp³-hybridized carbons (Fsp3) is 0.569. The summed E-state index contributed by atoms with van der Waals surface area (Å²) < 4.78 is 26.5. The highest BCUT2D eigenvalue weighted by atomic mass is 16.7. The number of hydrogen-bond donors (Lipinski definition) is 4. The molecule has 13 nitrogen and oxygen atoms in total. The molecule has 0 unspecified atom stereocenters. The zero-order valence-corrected chi connectivity index (χ0v) is 42.2. The molecule has 0 aromatic heterocycles. The van der Waals surface area contributed by atoms with Gasteiger partial charge in [-0.25, -0.2) is 4.79 Å². The van der Waals surface area contributed by atoms with Crippen LogP contribution in [-0.4, -0.2) is 95.9 Å². The van der Waals surface area contributed by atoms with Crippen LogP contribution in [0.3, 0.4) is 0 Å². The van der Waals surface area contributed by atoms with E-state index in [1.165, 1.54) is 32.1 Å². The van der Waals surface area contributed by atoms with Crippen LogP contribution < -0.4 is 14.8 Å². The summed E-state index contributed by atoms with van der Waals surface area (Å²) in [5, 5.41) is 37.6. The minimum Gasteiger partial charge on any atom is -0.459 e. The largest absolute Gasteiger partial charge is 0.459 e. The number of unbranched alkanes of at least 4 members (excludes halogenated alkanes) is 10. The summed E-state index contributed by atoms with van der Waals surface area (Å²) in [4.78, 5) is 36.6. The molecule has 3 aliphatic rings. The Hall–Kier alpha value is -5.05. The van der Waals surface area contributed by atoms with Gasteiger partial charge in [0.2, 0.25) is 11.7 Å². The van der Waals surface area contributed by atoms with E-state index in [-0.39, 0.29) is 82.9 Å². The Labute approximate surface area is 422 Å². The molecule has 3 aromatic carbocycles. The van der Waals surface area contributed by atoms with Gasteiger partial charge in [-0.15, -0.1) is 6.58 Å². The van der Waals surface area contributed by atoms with Crippen molar-refractivity contribution in [1.82, 2.24) is 10.2 Å². The molecule has 1 aliphatic heterocycles. The van der Waals surface area contributed by atoms with Crippen molar-refractivity contribution in [3.63, 3.8) is 0 Å². The third-order valence-corrected chi connectivity index (χ3v) is 14.3. The molecule has 1 fully saturated rings. The molecule has 2 aliphatic carbocycles. The van der Waals surface area contributed by atoms with Crippen molar-refractivity contribution in [2.24, 2.45) is 22.9 Å². The molecule has 4 N–H and O–H groups in total. The van der Waals surface area contributed by atoms with E-state index in [1.807, 2.05) is 77.7 Å². The number of carbonyl (C=O) groups is 2. The summed E-state index contributed by atoms with van der Waals surface area (Å²) >= 11 is 0. The maximum absolute atomic E-state index is 15.0. The topological polar surface area (TPSA) is 169 Å². The van der Waals surface area contributed by atoms with Gasteiger partial charge in [-0.2, -0.15) is 0 Å². The van der Waals surface area contributed by atoms with Crippen LogP contribution in [0.25, 0.3) is 0 Å². The maximum atomic E-state index is 15.0. The van der Waals surface area contributed by atoms with Crippen LogP contribution >= 0.6 is 0 Å². The van der Waals surface area contributed by atoms with Gasteiger partial charge in [0.05, 0.1) is 38.1 Å². The zero-order chi connectivity index (χ0) is 50.1. The summed E-state index contributed by atoms with van der Waals surface area (Å²) in [6.07, 6.45) is 18.5. The van der Waals surface area contributed by atoms with Crippen molar-refractivity contribution in [2.45, 2.75) is 147 Å². The zero-order valence-electron chi connectivity index (χ0n) is 42.2. The number of benzene rings is 3. The first kappa shape index (κ1) is 55.3. The van der Waals surface area contributed by atoms with E-state index in [9.17, 15) is 20.1 Å². The summed E-state index contributed by atoms with van der Waals surface area (Å²) in [7, 11) is 0. The molecule has 6 rings (SSSR count). The van der Waals surface area contributed by atoms with Gasteiger partial charge >= 0.3 is 6.09 Å². The highest BCUT2D eigenvalue weighted by molar-refractivity contribution is 6.03. The lowest BCUT2D eigenvalue weighted by Gasteiger charge is -2.60. The minimum absolute atomic E-state index is 0.0187. The summed E-state index contributed by atoms with van der Waals surface area (Å²) in [5.74, 6) is -1.43. The number of rotatable bonds is 33. The van der Waals surface area contributed by atoms with Crippen LogP contribution in [0.1, 0.15) is 139 Å². The number of carbonyl (C=O) groups excluding carboxylic acids is 2. The lowest BCUT2D eigenvalue weighted by Crippen LogP contribution is -2.70. The number of hydrogen-bond acceptors (Lipinski definition) is 11. The molecule has 6 atom stereocenters. The maximum Gasteiger partial charge on any atom is 0.412 e. The molecule has 1 heterocycles. The van der Waals surface area contributed by atoms with Crippen LogP contribution in [0, 0.1) is 17.8 Å². The number of oxime groups is 1. The molecular weight excluding hydrogens is 899 g/mol. The predicted octanol–water partition coefficient (Wildman–Crippen LogP) is 10.6. The molecule has 0 saturated heterocycles. The Morgan fingerprint density at radius 3 is 2.21 bits per heavy atom. The number of nitrogens with zero attached hydrogens (tertiary/aromatic N) is 2. The van der Waals surface area contributed by atoms with E-state index in [2.05, 4.69) is 24.9 Å². The highest BCUT2D eigenvalue weighted by Gasteiger charge is 2.65. The van der Waals surface area contributed by atoms with Crippen molar-refractivity contribution in [2.75, 3.05) is 46.2 Å². The number of aliphatic hydroxyl groups is 3. The normalized spacial score (nSPS) is 21.6. The predicted molar refractivity (Wildman–Crippen MR) is 277 cm³/mol. The molecule has 13 heteroatoms. The lowest BCUT2D eigenvalue weighted by molar-refractivity contribution is -0.258. The van der Waals surface area contributed by atoms with Gasteiger partial charge in [-0.3, -0.25) is 4.79 Å². The molecule has 1 saturated carbocycles. The molecule has 0 radical (unpaired) electrons. The molecule has 3 aromatic rings. The van der Waals surface area contributed by atoms with E-state index in [1.54, 1.807) is 12.1 Å². The molecule has 0 spiro atoms. The van der Waals surface area contributed by atoms with Crippen LogP contribution in [0.15, 0.2) is 108 Å². The van der Waals surface area contributed by atoms with Crippen molar-refractivity contribution in [1.29, 1.82) is 0 Å². The molecular formula is C58H81N3O10. The smallest absolute Gasteiger partial charge is 0.412 e. The Kier molecular flexibility index (Phi) is 23.4. The van der Waals surface area contributed by atoms with E-state index >= 15 is 4.79 Å². The van der Waals surface area contributed by atoms with E-state index in [0.29, 0.717) is 43.0 Å². The van der Waals surface area contributed by atoms with Crippen molar-refractivity contribution in [3.05, 3.63) is 120 Å². The average molecular weight is 980 g/mol. The molecule has 2 amide bonds. The molecule has 388 valence electrons. The first-order valence-corrected chi connectivity index (χ1v) is 26.6. The Balaban J connectivity index is 1.46. The van der Waals surface area contributed by atoms with E-state index in [0.717, 1.165) is 73.6 Å². The monoisotopic (exact) mass is 980 g/mol. The quantitative estimate of drug-likeness (QED) is 0.0262. The van der Waals surface area contributed by atoms with Crippen LogP contribution in [-0.2, 0) is 32.3 Å². The van der Waals surface area contributed by atoms with Crippen LogP contribution in [0.2, 0.25) is 0 Å². The van der Waals surface area contributed by atoms with Gasteiger partial charge < -0.3 is 49.3 Å². The lowest BCUT2D eigenvalue weighted by atomic mass is 9.55. The number of ether oxygens (including phenoxy) is 4. The number of fused-ring (bicyclic) bond motifs is 2. The van der Waals surface area contributed by atoms with Crippen LogP contribution in [0.5, 0.6) is 11.5 Å². The van der Waals surface area contributed by atoms with Gasteiger partial charge in [0.25, 0.3) is 0 Å². The van der Waals surface area contributed by atoms with Crippen molar-refractivity contribution >= 4 is 17.7 Å². The second kappa shape index (κ2) is 30.1. The molecule has 0 bridgehead atoms. The number of nitrogens with one attached hydrogen (secondary N) is 1. The second-order valence-corrected chi connectivity index (χ2v) is 19.3. The number of aliphatic hydroxyl groups excluding tert-OH is 3. The summed E-state index contributed by atoms with van der Waals surface area (Å²) in [6.45, 7) is 7.50. The fourth-order valence-corrected chi connectivity index (χ4v) is 10.9. The number of amides is 2.